The van der Waals surface area contributed by atoms with Gasteiger partial charge in [-0.25, -0.2) is 28.7 Å². The number of anilines is 1. The molecule has 3 aliphatic heterocycles. The van der Waals surface area contributed by atoms with Gasteiger partial charge in [0.15, 0.2) is 28.1 Å². The number of carboxylic acid groups (broad SMARTS) is 2. The maximum atomic E-state index is 13.5. The lowest BCUT2D eigenvalue weighted by Crippen LogP contribution is -2.62. The number of oxime groups is 1. The van der Waals surface area contributed by atoms with E-state index in [0.717, 1.165) is 39.1 Å². The van der Waals surface area contributed by atoms with Gasteiger partial charge in [0.1, 0.15) is 36.0 Å². The molecule has 3 fully saturated rings. The van der Waals surface area contributed by atoms with E-state index < -0.39 is 75.3 Å². The molecule has 2 aromatic heterocycles. The summed E-state index contributed by atoms with van der Waals surface area (Å²) in [5, 5.41) is 53.6. The van der Waals surface area contributed by atoms with E-state index in [9.17, 15) is 49.2 Å². The number of rotatable bonds is 16. The van der Waals surface area contributed by atoms with Crippen LogP contribution in [0.1, 0.15) is 36.3 Å². The summed E-state index contributed by atoms with van der Waals surface area (Å²) in [4.78, 5) is 86.6. The van der Waals surface area contributed by atoms with Crippen molar-refractivity contribution in [2.24, 2.45) is 16.2 Å². The van der Waals surface area contributed by atoms with Crippen LogP contribution in [0, 0.1) is 5.92 Å². The Morgan fingerprint density at radius 1 is 1.25 bits per heavy atom. The number of carboxylic acids is 2. The highest BCUT2D eigenvalue weighted by Gasteiger charge is 2.63. The fraction of sp³-hybridized carbons (Fsp3) is 0.394. The maximum Gasteiger partial charge on any atom is 0.350 e. The molecule has 0 saturated carbocycles. The first-order valence-electron chi connectivity index (χ1n) is 17.0. The number of carbonyl (C=O) groups is 6. The Balaban J connectivity index is 1.04. The van der Waals surface area contributed by atoms with Crippen LogP contribution in [-0.2, 0) is 37.1 Å². The number of Topliss-reactive ketones (excluding diaryl/α,β-unsaturated/α-hetero) is 1. The number of ketones is 1. The van der Waals surface area contributed by atoms with Gasteiger partial charge in [0, 0.05) is 18.3 Å². The first-order chi connectivity index (χ1) is 26.9. The average Bonchev–Trinajstić information content (AvgIpc) is 3.96. The predicted molar refractivity (Wildman–Crippen MR) is 199 cm³/mol. The summed E-state index contributed by atoms with van der Waals surface area (Å²) in [5.41, 5.74) is 3.57. The van der Waals surface area contributed by atoms with Gasteiger partial charge in [-0.3, -0.25) is 19.3 Å². The van der Waals surface area contributed by atoms with Gasteiger partial charge in [0.25, 0.3) is 5.91 Å². The number of urea groups is 1. The minimum Gasteiger partial charge on any atom is -0.547 e. The summed E-state index contributed by atoms with van der Waals surface area (Å²) < 4.78 is 3.51. The molecule has 6 N–H and O–H groups in total. The van der Waals surface area contributed by atoms with Gasteiger partial charge < -0.3 is 46.0 Å². The minimum atomic E-state index is -1.97. The highest BCUT2D eigenvalue weighted by Crippen LogP contribution is 2.52. The molecule has 302 valence electrons. The van der Waals surface area contributed by atoms with Crippen LogP contribution in [0.4, 0.5) is 9.93 Å². The molecule has 4 amide bonds. The molecule has 0 bridgehead atoms. The number of β-lactam (4-membered cyclic amide) rings is 1. The van der Waals surface area contributed by atoms with Crippen LogP contribution < -0.4 is 20.7 Å². The van der Waals surface area contributed by atoms with Gasteiger partial charge in [0.05, 0.1) is 53.7 Å². The summed E-state index contributed by atoms with van der Waals surface area (Å²) in [6.07, 6.45) is 6.21. The maximum absolute atomic E-state index is 13.5. The number of hydrogen-bond donors (Lipinski definition) is 5. The van der Waals surface area contributed by atoms with Crippen molar-refractivity contribution in [2.75, 3.05) is 31.9 Å². The van der Waals surface area contributed by atoms with Gasteiger partial charge in [-0.2, -0.15) is 5.10 Å². The van der Waals surface area contributed by atoms with Crippen molar-refractivity contribution in [3.63, 3.8) is 0 Å². The number of nitrogen functional groups attached to an aromatic ring is 1. The second kappa shape index (κ2) is 15.9. The number of nitrogens with zero attached hydrogens (tertiary/aromatic N) is 8. The smallest absolute Gasteiger partial charge is 0.350 e. The Bertz CT molecular complexity index is 2210. The van der Waals surface area contributed by atoms with Gasteiger partial charge in [0.2, 0.25) is 17.8 Å². The lowest BCUT2D eigenvalue weighted by Gasteiger charge is -2.41. The zero-order chi connectivity index (χ0) is 41.4. The summed E-state index contributed by atoms with van der Waals surface area (Å²) in [7, 11) is 0. The number of fused-ring (bicyclic) bond motifs is 1. The molecule has 5 heterocycles. The molecule has 0 unspecified atom stereocenters. The number of nitrogens with one attached hydrogen (secondary N) is 1. The van der Waals surface area contributed by atoms with Crippen molar-refractivity contribution < 1.29 is 58.6 Å². The zero-order valence-electron chi connectivity index (χ0n) is 30.1. The van der Waals surface area contributed by atoms with Gasteiger partial charge in [-0.15, -0.1) is 11.3 Å². The van der Waals surface area contributed by atoms with Crippen LogP contribution in [0.25, 0.3) is 0 Å². The van der Waals surface area contributed by atoms with Crippen molar-refractivity contribution in [2.45, 2.75) is 49.2 Å². The first-order valence-corrected chi connectivity index (χ1v) is 19.2. The standard InChI is InChI=1S/C33H35ClN10O11S2/c1-32(2,28(50)51)55-39-23(19-14-56-30(35)38-19)21(46)13-18-26(49)42-15-33(29(52)53,57-27(18)42)43-11-12-44(31(43)54)37-6-8-41-10-9-40(16-41)7-5-36-25(48)17-3-4-20(45)24(47)22(17)34/h3-4,6,9-10,14,16,18,27H,5,7-8,11-13,15H2,1-2H3,(H6-,35,36,38,39,45,46,47,48,50,51,52,53)/b37-6+/t18-,27-,33-/m1/s1. The molecule has 0 aliphatic carbocycles. The second-order valence-corrected chi connectivity index (χ2v) is 16.1. The quantitative estimate of drug-likeness (QED) is 0.0390. The molecule has 57 heavy (non-hydrogen) atoms. The van der Waals surface area contributed by atoms with Gasteiger partial charge >= 0.3 is 12.0 Å². The normalized spacial score (nSPS) is 20.9. The third-order valence-corrected chi connectivity index (χ3v) is 12.1. The second-order valence-electron chi connectivity index (χ2n) is 13.5. The number of aliphatic carboxylic acids is 2. The number of phenolic OH excluding ortho intramolecular Hbond substituents is 2. The van der Waals surface area contributed by atoms with E-state index in [-0.39, 0.29) is 59.8 Å². The third kappa shape index (κ3) is 8.02. The topological polar surface area (TPSA) is 290 Å². The predicted octanol–water partition coefficient (Wildman–Crippen LogP) is -0.747. The number of phenols is 2. The number of amides is 4. The minimum absolute atomic E-state index is 0.00101. The Kier molecular flexibility index (Phi) is 11.4. The highest BCUT2D eigenvalue weighted by molar-refractivity contribution is 8.02. The number of aromatic hydroxyl groups is 2. The largest absolute Gasteiger partial charge is 0.547 e. The fourth-order valence-corrected chi connectivity index (χ4v) is 8.55. The molecule has 3 aromatic rings. The highest BCUT2D eigenvalue weighted by atomic mass is 35.5. The summed E-state index contributed by atoms with van der Waals surface area (Å²) in [6.45, 7) is 2.87. The van der Waals surface area contributed by atoms with Crippen LogP contribution in [0.3, 0.4) is 0 Å². The average molecular weight is 847 g/mol. The molecule has 21 nitrogen and oxygen atoms in total. The summed E-state index contributed by atoms with van der Waals surface area (Å²) in [6, 6.07) is 1.72. The van der Waals surface area contributed by atoms with E-state index in [1.807, 2.05) is 0 Å². The van der Waals surface area contributed by atoms with Gasteiger partial charge in [-0.1, -0.05) is 28.5 Å². The molecule has 0 radical (unpaired) electrons. The molecule has 1 aromatic carbocycles. The molecule has 3 aliphatic rings. The number of benzene rings is 1. The van der Waals surface area contributed by atoms with Crippen molar-refractivity contribution in [3.8, 4) is 11.5 Å². The Labute approximate surface area is 335 Å². The summed E-state index contributed by atoms with van der Waals surface area (Å²) in [5.74, 6) is -6.78. The van der Waals surface area contributed by atoms with Crippen LogP contribution in [0.15, 0.2) is 46.5 Å². The Hall–Kier alpha value is -5.94. The van der Waals surface area contributed by atoms with Crippen LogP contribution in [0.5, 0.6) is 11.5 Å². The zero-order valence-corrected chi connectivity index (χ0v) is 32.5. The molecule has 3 atom stereocenters. The third-order valence-electron chi connectivity index (χ3n) is 9.26. The van der Waals surface area contributed by atoms with Crippen molar-refractivity contribution in [1.29, 1.82) is 0 Å². The van der Waals surface area contributed by atoms with Crippen LogP contribution in [0.2, 0.25) is 5.02 Å². The van der Waals surface area contributed by atoms with E-state index in [0.29, 0.717) is 6.54 Å². The van der Waals surface area contributed by atoms with E-state index in [1.165, 1.54) is 36.4 Å². The Morgan fingerprint density at radius 2 is 2.00 bits per heavy atom. The van der Waals surface area contributed by atoms with E-state index in [1.54, 1.807) is 27.9 Å². The SMILES string of the molecule is CC(C)(O/N=C(\C(=O)C[C@@H]1C(=O)N2C[C@@](C(=O)[O-])(N3CCN(/N=C/C[n+]4ccn(CCNC(=O)c5ccc(O)c(O)c5Cl)c4)C3=O)S[C@H]12)c1csc(N)n1)C(=O)O. The van der Waals surface area contributed by atoms with E-state index >= 15 is 0 Å². The molecule has 24 heteroatoms. The first kappa shape index (κ1) is 40.7. The number of hydrazone groups is 1. The number of nitrogens with two attached hydrogens (primary N) is 1. The van der Waals surface area contributed by atoms with Crippen molar-refractivity contribution >= 4 is 87.3 Å². The lowest BCUT2D eigenvalue weighted by atomic mass is 9.90. The molecule has 3 saturated heterocycles. The fourth-order valence-electron chi connectivity index (χ4n) is 6.07. The number of thiazole rings is 1. The van der Waals surface area contributed by atoms with Gasteiger partial charge in [-0.05, 0) is 26.0 Å². The van der Waals surface area contributed by atoms with Crippen molar-refractivity contribution in [1.82, 2.24) is 29.7 Å². The summed E-state index contributed by atoms with van der Waals surface area (Å²) >= 11 is 7.77. The molecular weight excluding hydrogens is 812 g/mol. The van der Waals surface area contributed by atoms with E-state index in [4.69, 9.17) is 22.2 Å². The number of thioether (sulfide) groups is 1. The number of carbonyl (C=O) groups excluding carboxylic acids is 5. The number of aromatic nitrogens is 3. The van der Waals surface area contributed by atoms with E-state index in [2.05, 4.69) is 20.6 Å². The number of imidazole rings is 1. The number of halogens is 1. The molecular formula is C33H35ClN10O11S2. The molecule has 6 rings (SSSR count). The van der Waals surface area contributed by atoms with Crippen LogP contribution in [-0.4, -0.2) is 129 Å². The lowest BCUT2D eigenvalue weighted by molar-refractivity contribution is -0.680. The molecule has 0 spiro atoms. The van der Waals surface area contributed by atoms with Crippen LogP contribution >= 0.6 is 34.7 Å². The van der Waals surface area contributed by atoms with Crippen molar-refractivity contribution in [3.05, 3.63) is 52.5 Å². The number of hydrogen-bond acceptors (Lipinski definition) is 16. The monoisotopic (exact) mass is 846 g/mol. The Morgan fingerprint density at radius 3 is 2.68 bits per heavy atom.